The summed E-state index contributed by atoms with van der Waals surface area (Å²) in [6.07, 6.45) is 3.77. The van der Waals surface area contributed by atoms with E-state index < -0.39 is 0 Å². The Balaban J connectivity index is 1.83. The first-order chi connectivity index (χ1) is 8.58. The number of hydrogen-bond donors (Lipinski definition) is 2. The van der Waals surface area contributed by atoms with E-state index in [1.807, 2.05) is 11.8 Å². The Morgan fingerprint density at radius 3 is 2.56 bits per heavy atom. The first-order valence-electron chi connectivity index (χ1n) is 7.28. The Morgan fingerprint density at radius 2 is 2.00 bits per heavy atom. The van der Waals surface area contributed by atoms with Gasteiger partial charge in [-0.2, -0.15) is 0 Å². The van der Waals surface area contributed by atoms with E-state index in [-0.39, 0.29) is 18.1 Å². The van der Waals surface area contributed by atoms with Gasteiger partial charge in [-0.25, -0.2) is 0 Å². The molecule has 0 bridgehead atoms. The topological polar surface area (TPSA) is 52.6 Å². The van der Waals surface area contributed by atoms with E-state index in [2.05, 4.69) is 12.2 Å². The third-order valence-electron chi connectivity index (χ3n) is 4.50. The molecule has 0 aromatic heterocycles. The largest absolute Gasteiger partial charge is 0.393 e. The van der Waals surface area contributed by atoms with Gasteiger partial charge < -0.3 is 15.3 Å². The lowest BCUT2D eigenvalue weighted by atomic mass is 9.90. The van der Waals surface area contributed by atoms with Gasteiger partial charge in [-0.15, -0.1) is 0 Å². The van der Waals surface area contributed by atoms with Gasteiger partial charge >= 0.3 is 0 Å². The summed E-state index contributed by atoms with van der Waals surface area (Å²) in [4.78, 5) is 14.4. The second kappa shape index (κ2) is 6.02. The molecule has 2 fully saturated rings. The minimum absolute atomic E-state index is 0.0249. The molecule has 2 aliphatic rings. The lowest BCUT2D eigenvalue weighted by Gasteiger charge is -2.37. The van der Waals surface area contributed by atoms with Crippen molar-refractivity contribution < 1.29 is 9.90 Å². The van der Waals surface area contributed by atoms with Crippen LogP contribution in [0.5, 0.6) is 0 Å². The molecule has 2 N–H and O–H groups in total. The van der Waals surface area contributed by atoms with Crippen LogP contribution in [-0.4, -0.2) is 47.7 Å². The molecule has 2 saturated heterocycles. The second-order valence-electron chi connectivity index (χ2n) is 6.04. The average molecular weight is 254 g/mol. The maximum absolute atomic E-state index is 12.4. The molecular weight excluding hydrogens is 228 g/mol. The SMILES string of the molecule is CC1CCNC(C(=O)N2CCC(C(C)O)CC2)C1. The van der Waals surface area contributed by atoms with E-state index >= 15 is 0 Å². The Hall–Kier alpha value is -0.610. The Kier molecular flexibility index (Phi) is 4.62. The van der Waals surface area contributed by atoms with Gasteiger partial charge in [0, 0.05) is 13.1 Å². The predicted molar refractivity (Wildman–Crippen MR) is 71.2 cm³/mol. The first kappa shape index (κ1) is 13.8. The highest BCUT2D eigenvalue weighted by atomic mass is 16.3. The number of nitrogens with zero attached hydrogens (tertiary/aromatic N) is 1. The fourth-order valence-corrected chi connectivity index (χ4v) is 3.12. The highest BCUT2D eigenvalue weighted by Crippen LogP contribution is 2.23. The number of carbonyl (C=O) groups is 1. The van der Waals surface area contributed by atoms with Crippen LogP contribution < -0.4 is 5.32 Å². The molecule has 2 aliphatic heterocycles. The molecule has 0 radical (unpaired) electrons. The monoisotopic (exact) mass is 254 g/mol. The molecule has 18 heavy (non-hydrogen) atoms. The Morgan fingerprint density at radius 1 is 1.33 bits per heavy atom. The van der Waals surface area contributed by atoms with Crippen LogP contribution >= 0.6 is 0 Å². The summed E-state index contributed by atoms with van der Waals surface area (Å²) in [5, 5.41) is 12.9. The maximum atomic E-state index is 12.4. The summed E-state index contributed by atoms with van der Waals surface area (Å²) in [5.41, 5.74) is 0. The summed E-state index contributed by atoms with van der Waals surface area (Å²) in [6.45, 7) is 6.65. The van der Waals surface area contributed by atoms with Gasteiger partial charge in [0.2, 0.25) is 5.91 Å². The van der Waals surface area contributed by atoms with Crippen molar-refractivity contribution in [2.75, 3.05) is 19.6 Å². The molecule has 2 rings (SSSR count). The fraction of sp³-hybridized carbons (Fsp3) is 0.929. The number of carbonyl (C=O) groups excluding carboxylic acids is 1. The van der Waals surface area contributed by atoms with Crippen molar-refractivity contribution in [3.05, 3.63) is 0 Å². The molecule has 3 unspecified atom stereocenters. The van der Waals surface area contributed by atoms with Crippen molar-refractivity contribution in [3.8, 4) is 0 Å². The van der Waals surface area contributed by atoms with Crippen molar-refractivity contribution >= 4 is 5.91 Å². The van der Waals surface area contributed by atoms with Crippen molar-refractivity contribution in [1.82, 2.24) is 10.2 Å². The molecule has 0 aromatic carbocycles. The molecule has 104 valence electrons. The molecule has 2 heterocycles. The summed E-state index contributed by atoms with van der Waals surface area (Å²) in [7, 11) is 0. The van der Waals surface area contributed by atoms with Gasteiger partial charge in [-0.05, 0) is 51.0 Å². The summed E-state index contributed by atoms with van der Waals surface area (Å²) in [5.74, 6) is 1.29. The third-order valence-corrected chi connectivity index (χ3v) is 4.50. The lowest BCUT2D eigenvalue weighted by molar-refractivity contribution is -0.136. The zero-order valence-electron chi connectivity index (χ0n) is 11.6. The maximum Gasteiger partial charge on any atom is 0.239 e. The van der Waals surface area contributed by atoms with Crippen LogP contribution in [0, 0.1) is 11.8 Å². The minimum atomic E-state index is -0.241. The summed E-state index contributed by atoms with van der Waals surface area (Å²) in [6, 6.07) is 0.0249. The van der Waals surface area contributed by atoms with E-state index in [9.17, 15) is 9.90 Å². The van der Waals surface area contributed by atoms with E-state index in [1.165, 1.54) is 6.42 Å². The second-order valence-corrected chi connectivity index (χ2v) is 6.04. The smallest absolute Gasteiger partial charge is 0.239 e. The van der Waals surface area contributed by atoms with Crippen molar-refractivity contribution in [1.29, 1.82) is 0 Å². The standard InChI is InChI=1S/C14H26N2O2/c1-10-3-6-15-13(9-10)14(18)16-7-4-12(5-8-16)11(2)17/h10-13,15,17H,3-9H2,1-2H3. The highest BCUT2D eigenvalue weighted by molar-refractivity contribution is 5.82. The number of nitrogens with one attached hydrogen (secondary N) is 1. The predicted octanol–water partition coefficient (Wildman–Crippen LogP) is 0.994. The van der Waals surface area contributed by atoms with Crippen LogP contribution in [0.15, 0.2) is 0 Å². The highest BCUT2D eigenvalue weighted by Gasteiger charge is 2.31. The Bertz CT molecular complexity index is 286. The molecule has 0 spiro atoms. The summed E-state index contributed by atoms with van der Waals surface area (Å²) >= 11 is 0. The number of aliphatic hydroxyl groups is 1. The van der Waals surface area contributed by atoms with Gasteiger partial charge in [-0.1, -0.05) is 6.92 Å². The normalized spacial score (nSPS) is 32.3. The number of hydrogen-bond acceptors (Lipinski definition) is 3. The Labute approximate surface area is 110 Å². The lowest BCUT2D eigenvalue weighted by Crippen LogP contribution is -2.52. The summed E-state index contributed by atoms with van der Waals surface area (Å²) < 4.78 is 0. The van der Waals surface area contributed by atoms with Gasteiger partial charge in [0.05, 0.1) is 12.1 Å². The fourth-order valence-electron chi connectivity index (χ4n) is 3.12. The number of rotatable bonds is 2. The zero-order chi connectivity index (χ0) is 13.1. The zero-order valence-corrected chi connectivity index (χ0v) is 11.6. The first-order valence-corrected chi connectivity index (χ1v) is 7.28. The van der Waals surface area contributed by atoms with Gasteiger partial charge in [0.25, 0.3) is 0 Å². The quantitative estimate of drug-likeness (QED) is 0.773. The van der Waals surface area contributed by atoms with Crippen LogP contribution in [0.25, 0.3) is 0 Å². The van der Waals surface area contributed by atoms with Crippen molar-refractivity contribution in [2.45, 2.75) is 51.7 Å². The van der Waals surface area contributed by atoms with Crippen LogP contribution in [0.3, 0.4) is 0 Å². The molecule has 0 saturated carbocycles. The van der Waals surface area contributed by atoms with E-state index in [0.29, 0.717) is 11.8 Å². The van der Waals surface area contributed by atoms with Crippen LogP contribution in [0.2, 0.25) is 0 Å². The average Bonchev–Trinajstić information content (AvgIpc) is 2.38. The molecule has 1 amide bonds. The van der Waals surface area contributed by atoms with Crippen molar-refractivity contribution in [2.24, 2.45) is 11.8 Å². The molecule has 0 aromatic rings. The minimum Gasteiger partial charge on any atom is -0.393 e. The van der Waals surface area contributed by atoms with Gasteiger partial charge in [0.1, 0.15) is 0 Å². The van der Waals surface area contributed by atoms with Crippen LogP contribution in [-0.2, 0) is 4.79 Å². The molecule has 4 heteroatoms. The number of piperidine rings is 2. The van der Waals surface area contributed by atoms with Crippen LogP contribution in [0.1, 0.15) is 39.5 Å². The van der Waals surface area contributed by atoms with Gasteiger partial charge in [0.15, 0.2) is 0 Å². The van der Waals surface area contributed by atoms with Gasteiger partial charge in [-0.3, -0.25) is 4.79 Å². The third kappa shape index (κ3) is 3.23. The number of likely N-dealkylation sites (tertiary alicyclic amines) is 1. The molecule has 0 aliphatic carbocycles. The van der Waals surface area contributed by atoms with E-state index in [1.54, 1.807) is 0 Å². The number of aliphatic hydroxyl groups excluding tert-OH is 1. The number of amides is 1. The molecule has 4 nitrogen and oxygen atoms in total. The van der Waals surface area contributed by atoms with E-state index in [0.717, 1.165) is 38.9 Å². The molecule has 3 atom stereocenters. The van der Waals surface area contributed by atoms with E-state index in [4.69, 9.17) is 0 Å². The van der Waals surface area contributed by atoms with Crippen molar-refractivity contribution in [3.63, 3.8) is 0 Å². The van der Waals surface area contributed by atoms with Crippen LogP contribution in [0.4, 0.5) is 0 Å². The molecular formula is C14H26N2O2.